The Hall–Kier alpha value is -1.51. The van der Waals surface area contributed by atoms with E-state index in [4.69, 9.17) is 0 Å². The Morgan fingerprint density at radius 2 is 2.05 bits per heavy atom. The van der Waals surface area contributed by atoms with Gasteiger partial charge in [-0.05, 0) is 31.9 Å². The monoisotopic (exact) mass is 293 g/mol. The fraction of sp³-hybridized carbons (Fsp3) is 0.562. The molecule has 0 heterocycles. The van der Waals surface area contributed by atoms with Crippen LogP contribution in [0.5, 0.6) is 0 Å². The third kappa shape index (κ3) is 4.48. The zero-order chi connectivity index (χ0) is 15.3. The van der Waals surface area contributed by atoms with Crippen LogP contribution in [0.15, 0.2) is 30.3 Å². The molecule has 1 fully saturated rings. The minimum Gasteiger partial charge on any atom is -0.301 e. The van der Waals surface area contributed by atoms with E-state index in [0.717, 1.165) is 18.4 Å². The minimum absolute atomic E-state index is 0.264. The van der Waals surface area contributed by atoms with E-state index in [1.165, 1.54) is 0 Å². The first-order chi connectivity index (χ1) is 10.1. The first kappa shape index (κ1) is 15.9. The second-order valence-electron chi connectivity index (χ2n) is 5.71. The van der Waals surface area contributed by atoms with Crippen molar-refractivity contribution in [2.24, 2.45) is 0 Å². The first-order valence-corrected chi connectivity index (χ1v) is 7.27. The van der Waals surface area contributed by atoms with Crippen molar-refractivity contribution in [2.75, 3.05) is 20.1 Å². The summed E-state index contributed by atoms with van der Waals surface area (Å²) >= 11 is 0. The van der Waals surface area contributed by atoms with E-state index in [-0.39, 0.29) is 6.54 Å². The van der Waals surface area contributed by atoms with Crippen molar-refractivity contribution in [3.05, 3.63) is 35.9 Å². The third-order valence-corrected chi connectivity index (χ3v) is 3.80. The molecule has 5 heteroatoms. The maximum Gasteiger partial charge on any atom is 0.251 e. The molecular formula is C16H21F2N3. The largest absolute Gasteiger partial charge is 0.301 e. The number of benzene rings is 1. The number of rotatable bonds is 8. The summed E-state index contributed by atoms with van der Waals surface area (Å²) in [5, 5.41) is 13.1. The van der Waals surface area contributed by atoms with Crippen molar-refractivity contribution in [2.45, 2.75) is 37.3 Å². The Bertz CT molecular complexity index is 482. The number of alkyl halides is 2. The SMILES string of the molecule is CN(CCC(C#N)(NC1CC1)c1ccccc1)CC(F)F. The lowest BCUT2D eigenvalue weighted by Crippen LogP contribution is -2.45. The molecule has 2 rings (SSSR count). The van der Waals surface area contributed by atoms with Crippen LogP contribution in [0.2, 0.25) is 0 Å². The van der Waals surface area contributed by atoms with Gasteiger partial charge in [-0.3, -0.25) is 5.32 Å². The molecule has 0 aliphatic heterocycles. The van der Waals surface area contributed by atoms with Crippen molar-refractivity contribution in [3.63, 3.8) is 0 Å². The van der Waals surface area contributed by atoms with Gasteiger partial charge < -0.3 is 4.90 Å². The van der Waals surface area contributed by atoms with Crippen molar-refractivity contribution in [1.82, 2.24) is 10.2 Å². The Labute approximate surface area is 124 Å². The molecule has 1 atom stereocenters. The van der Waals surface area contributed by atoms with Gasteiger partial charge in [0.2, 0.25) is 0 Å². The zero-order valence-corrected chi connectivity index (χ0v) is 12.2. The number of hydrogen-bond acceptors (Lipinski definition) is 3. The average molecular weight is 293 g/mol. The van der Waals surface area contributed by atoms with E-state index in [1.807, 2.05) is 30.3 Å². The summed E-state index contributed by atoms with van der Waals surface area (Å²) in [6.07, 6.45) is 0.291. The molecular weight excluding hydrogens is 272 g/mol. The van der Waals surface area contributed by atoms with Crippen LogP contribution >= 0.6 is 0 Å². The molecule has 3 nitrogen and oxygen atoms in total. The lowest BCUT2D eigenvalue weighted by Gasteiger charge is -2.30. The molecule has 1 unspecified atom stereocenters. The van der Waals surface area contributed by atoms with Gasteiger partial charge in [0, 0.05) is 12.6 Å². The van der Waals surface area contributed by atoms with Gasteiger partial charge in [0.25, 0.3) is 6.43 Å². The van der Waals surface area contributed by atoms with E-state index >= 15 is 0 Å². The van der Waals surface area contributed by atoms with E-state index in [0.29, 0.717) is 19.0 Å². The minimum atomic E-state index is -2.35. The maximum absolute atomic E-state index is 12.4. The molecule has 1 N–H and O–H groups in total. The highest BCUT2D eigenvalue weighted by Gasteiger charge is 2.37. The Morgan fingerprint density at radius 3 is 2.57 bits per heavy atom. The summed E-state index contributed by atoms with van der Waals surface area (Å²) in [6.45, 7) is 0.187. The van der Waals surface area contributed by atoms with Gasteiger partial charge in [-0.25, -0.2) is 8.78 Å². The lowest BCUT2D eigenvalue weighted by atomic mass is 9.87. The van der Waals surface area contributed by atoms with Gasteiger partial charge in [-0.1, -0.05) is 30.3 Å². The molecule has 0 spiro atoms. The summed E-state index contributed by atoms with van der Waals surface area (Å²) in [4.78, 5) is 1.58. The third-order valence-electron chi connectivity index (χ3n) is 3.80. The fourth-order valence-electron chi connectivity index (χ4n) is 2.44. The van der Waals surface area contributed by atoms with Gasteiger partial charge >= 0.3 is 0 Å². The van der Waals surface area contributed by atoms with Gasteiger partial charge in [0.15, 0.2) is 0 Å². The number of nitrogens with zero attached hydrogens (tertiary/aromatic N) is 2. The van der Waals surface area contributed by atoms with Gasteiger partial charge in [0.1, 0.15) is 5.54 Å². The molecule has 114 valence electrons. The molecule has 1 aliphatic rings. The predicted molar refractivity (Wildman–Crippen MR) is 78.0 cm³/mol. The van der Waals surface area contributed by atoms with E-state index < -0.39 is 12.0 Å². The summed E-state index contributed by atoms with van der Waals surface area (Å²) in [5.41, 5.74) is 0.114. The van der Waals surface area contributed by atoms with Crippen molar-refractivity contribution in [3.8, 4) is 6.07 Å². The van der Waals surface area contributed by atoms with Gasteiger partial charge in [-0.15, -0.1) is 0 Å². The van der Waals surface area contributed by atoms with Crippen LogP contribution in [0, 0.1) is 11.3 Å². The number of halogens is 2. The normalized spacial score (nSPS) is 17.7. The molecule has 0 aromatic heterocycles. The molecule has 0 radical (unpaired) electrons. The molecule has 0 bridgehead atoms. The summed E-state index contributed by atoms with van der Waals surface area (Å²) in [5.74, 6) is 0. The standard InChI is InChI=1S/C16H21F2N3/c1-21(11-15(17)18)10-9-16(12-19,20-14-7-8-14)13-5-3-2-4-6-13/h2-6,14-15,20H,7-11H2,1H3. The van der Waals surface area contributed by atoms with Crippen LogP contribution in [-0.4, -0.2) is 37.5 Å². The second kappa shape index (κ2) is 6.97. The zero-order valence-electron chi connectivity index (χ0n) is 12.2. The first-order valence-electron chi connectivity index (χ1n) is 7.27. The van der Waals surface area contributed by atoms with Crippen LogP contribution in [0.1, 0.15) is 24.8 Å². The fourth-order valence-corrected chi connectivity index (χ4v) is 2.44. The highest BCUT2D eigenvalue weighted by Crippen LogP contribution is 2.31. The van der Waals surface area contributed by atoms with Crippen LogP contribution < -0.4 is 5.32 Å². The smallest absolute Gasteiger partial charge is 0.251 e. The van der Waals surface area contributed by atoms with Gasteiger partial charge in [-0.2, -0.15) is 5.26 Å². The highest BCUT2D eigenvalue weighted by atomic mass is 19.3. The molecule has 1 aliphatic carbocycles. The highest BCUT2D eigenvalue weighted by molar-refractivity contribution is 5.32. The summed E-state index contributed by atoms with van der Waals surface area (Å²) in [7, 11) is 1.66. The van der Waals surface area contributed by atoms with E-state index in [2.05, 4.69) is 11.4 Å². The molecule has 1 saturated carbocycles. The predicted octanol–water partition coefficient (Wildman–Crippen LogP) is 2.74. The number of nitriles is 1. The quantitative estimate of drug-likeness (QED) is 0.801. The number of nitrogens with one attached hydrogen (secondary N) is 1. The molecule has 21 heavy (non-hydrogen) atoms. The maximum atomic E-state index is 12.4. The van der Waals surface area contributed by atoms with Crippen molar-refractivity contribution >= 4 is 0 Å². The van der Waals surface area contributed by atoms with Crippen molar-refractivity contribution < 1.29 is 8.78 Å². The number of hydrogen-bond donors (Lipinski definition) is 1. The summed E-state index contributed by atoms with van der Waals surface area (Å²) in [6, 6.07) is 12.3. The van der Waals surface area contributed by atoms with Crippen molar-refractivity contribution in [1.29, 1.82) is 5.26 Å². The van der Waals surface area contributed by atoms with E-state index in [1.54, 1.807) is 11.9 Å². The topological polar surface area (TPSA) is 39.1 Å². The van der Waals surface area contributed by atoms with Crippen LogP contribution in [0.25, 0.3) is 0 Å². The van der Waals surface area contributed by atoms with Gasteiger partial charge in [0.05, 0.1) is 12.6 Å². The molecule has 0 saturated heterocycles. The van der Waals surface area contributed by atoms with Crippen LogP contribution in [0.4, 0.5) is 8.78 Å². The van der Waals surface area contributed by atoms with Crippen LogP contribution in [0.3, 0.4) is 0 Å². The molecule has 0 amide bonds. The lowest BCUT2D eigenvalue weighted by molar-refractivity contribution is 0.0967. The van der Waals surface area contributed by atoms with E-state index in [9.17, 15) is 14.0 Å². The Morgan fingerprint density at radius 1 is 1.38 bits per heavy atom. The Balaban J connectivity index is 2.10. The summed E-state index contributed by atoms with van der Waals surface area (Å²) < 4.78 is 24.8. The average Bonchev–Trinajstić information content (AvgIpc) is 3.27. The molecule has 1 aromatic rings. The van der Waals surface area contributed by atoms with Crippen LogP contribution in [-0.2, 0) is 5.54 Å². The Kier molecular flexibility index (Phi) is 5.27. The molecule has 1 aromatic carbocycles. The second-order valence-corrected chi connectivity index (χ2v) is 5.71.